The van der Waals surface area contributed by atoms with Crippen LogP contribution >= 0.6 is 35.6 Å². The van der Waals surface area contributed by atoms with Gasteiger partial charge in [0.15, 0.2) is 5.96 Å². The van der Waals surface area contributed by atoms with Crippen LogP contribution in [0.2, 0.25) is 10.0 Å². The molecule has 1 atom stereocenters. The van der Waals surface area contributed by atoms with E-state index in [0.29, 0.717) is 28.1 Å². The Morgan fingerprint density at radius 2 is 2.17 bits per heavy atom. The maximum absolute atomic E-state index is 11.9. The number of hydrogen-bond donors (Lipinski definition) is 2. The number of halogens is 3. The molecule has 1 aliphatic rings. The lowest BCUT2D eigenvalue weighted by molar-refractivity contribution is -0.134. The Morgan fingerprint density at radius 3 is 2.83 bits per heavy atom. The molecular formula is C16H22Cl3N3O2. The van der Waals surface area contributed by atoms with Crippen LogP contribution < -0.4 is 10.5 Å². The number of guanidine groups is 1. The van der Waals surface area contributed by atoms with Crippen molar-refractivity contribution < 1.29 is 9.53 Å². The largest absolute Gasteiger partial charge is 0.425 e. The number of benzene rings is 1. The third-order valence-corrected chi connectivity index (χ3v) is 4.50. The molecule has 3 N–H and O–H groups in total. The molecule has 8 heteroatoms. The van der Waals surface area contributed by atoms with Gasteiger partial charge in [0.1, 0.15) is 5.75 Å². The first kappa shape index (κ1) is 20.9. The quantitative estimate of drug-likeness (QED) is 0.341. The fraction of sp³-hybridized carbons (Fsp3) is 0.500. The van der Waals surface area contributed by atoms with Gasteiger partial charge in [0.25, 0.3) is 0 Å². The number of hydrogen-bond acceptors (Lipinski definition) is 3. The van der Waals surface area contributed by atoms with E-state index in [9.17, 15) is 4.79 Å². The number of nitrogens with two attached hydrogens (primary N) is 1. The Balaban J connectivity index is 0.00000288. The Hall–Kier alpha value is -1.17. The summed E-state index contributed by atoms with van der Waals surface area (Å²) in [6, 6.07) is 4.77. The summed E-state index contributed by atoms with van der Waals surface area (Å²) in [7, 11) is 0. The van der Waals surface area contributed by atoms with E-state index in [2.05, 4.69) is 0 Å². The second kappa shape index (κ2) is 9.97. The predicted octanol–water partition coefficient (Wildman–Crippen LogP) is 4.10. The van der Waals surface area contributed by atoms with E-state index in [0.717, 1.165) is 38.8 Å². The van der Waals surface area contributed by atoms with E-state index in [4.69, 9.17) is 39.1 Å². The topological polar surface area (TPSA) is 79.4 Å². The number of nitrogens with one attached hydrogen (secondary N) is 1. The number of esters is 1. The lowest BCUT2D eigenvalue weighted by Gasteiger charge is -2.32. The van der Waals surface area contributed by atoms with Gasteiger partial charge < -0.3 is 15.4 Å². The molecule has 1 unspecified atom stereocenters. The summed E-state index contributed by atoms with van der Waals surface area (Å²) in [6.07, 6.45) is 4.17. The van der Waals surface area contributed by atoms with E-state index in [1.807, 2.05) is 4.90 Å². The van der Waals surface area contributed by atoms with Crippen LogP contribution in [0.3, 0.4) is 0 Å². The number of rotatable bonds is 5. The van der Waals surface area contributed by atoms with E-state index in [1.165, 1.54) is 0 Å². The molecular weight excluding hydrogens is 373 g/mol. The van der Waals surface area contributed by atoms with E-state index < -0.39 is 0 Å². The van der Waals surface area contributed by atoms with Gasteiger partial charge in [0, 0.05) is 24.5 Å². The van der Waals surface area contributed by atoms with Crippen molar-refractivity contribution in [3.05, 3.63) is 28.2 Å². The van der Waals surface area contributed by atoms with E-state index in [1.54, 1.807) is 18.2 Å². The average Bonchev–Trinajstić information content (AvgIpc) is 2.50. The van der Waals surface area contributed by atoms with E-state index in [-0.39, 0.29) is 24.3 Å². The fourth-order valence-electron chi connectivity index (χ4n) is 2.79. The Kier molecular flexibility index (Phi) is 8.67. The molecule has 0 aromatic heterocycles. The minimum absolute atomic E-state index is 0. The lowest BCUT2D eigenvalue weighted by Crippen LogP contribution is -2.43. The Labute approximate surface area is 158 Å². The molecule has 0 aliphatic carbocycles. The highest BCUT2D eigenvalue weighted by atomic mass is 35.5. The molecule has 5 nitrogen and oxygen atoms in total. The van der Waals surface area contributed by atoms with Crippen molar-refractivity contribution in [3.8, 4) is 5.75 Å². The molecule has 2 rings (SSSR count). The summed E-state index contributed by atoms with van der Waals surface area (Å²) >= 11 is 11.8. The maximum atomic E-state index is 11.9. The highest BCUT2D eigenvalue weighted by Crippen LogP contribution is 2.28. The summed E-state index contributed by atoms with van der Waals surface area (Å²) < 4.78 is 5.25. The average molecular weight is 395 g/mol. The molecule has 134 valence electrons. The molecule has 1 aromatic carbocycles. The van der Waals surface area contributed by atoms with Gasteiger partial charge in [-0.1, -0.05) is 23.2 Å². The molecule has 1 fully saturated rings. The monoisotopic (exact) mass is 393 g/mol. The Bertz CT molecular complexity index is 584. The van der Waals surface area contributed by atoms with Gasteiger partial charge in [0.2, 0.25) is 0 Å². The summed E-state index contributed by atoms with van der Waals surface area (Å²) in [5, 5.41) is 8.32. The van der Waals surface area contributed by atoms with Gasteiger partial charge in [-0.3, -0.25) is 10.2 Å². The van der Waals surface area contributed by atoms with Crippen LogP contribution in [0.15, 0.2) is 18.2 Å². The van der Waals surface area contributed by atoms with Crippen LogP contribution in [0, 0.1) is 11.3 Å². The lowest BCUT2D eigenvalue weighted by atomic mass is 9.93. The minimum atomic E-state index is -0.298. The summed E-state index contributed by atoms with van der Waals surface area (Å²) in [4.78, 5) is 13.8. The van der Waals surface area contributed by atoms with Crippen molar-refractivity contribution in [2.45, 2.75) is 32.1 Å². The van der Waals surface area contributed by atoms with Gasteiger partial charge in [-0.25, -0.2) is 0 Å². The van der Waals surface area contributed by atoms with Gasteiger partial charge >= 0.3 is 5.97 Å². The van der Waals surface area contributed by atoms with Crippen molar-refractivity contribution in [3.63, 3.8) is 0 Å². The van der Waals surface area contributed by atoms with Crippen molar-refractivity contribution in [1.82, 2.24) is 4.90 Å². The van der Waals surface area contributed by atoms with Crippen LogP contribution in [0.5, 0.6) is 5.75 Å². The number of ether oxygens (including phenoxy) is 1. The zero-order chi connectivity index (χ0) is 16.8. The van der Waals surface area contributed by atoms with Crippen LogP contribution in [0.4, 0.5) is 0 Å². The normalized spacial score (nSPS) is 17.1. The molecule has 24 heavy (non-hydrogen) atoms. The standard InChI is InChI=1S/C16H21Cl2N3O2.ClH/c17-12-6-7-14(13(18)9-12)23-15(22)5-1-3-11-4-2-8-21(10-11)16(19)20;/h6-7,9,11H,1-5,8,10H2,(H3,19,20);1H. The summed E-state index contributed by atoms with van der Waals surface area (Å²) in [5.41, 5.74) is 5.53. The maximum Gasteiger partial charge on any atom is 0.311 e. The summed E-state index contributed by atoms with van der Waals surface area (Å²) in [6.45, 7) is 1.65. The molecule has 0 amide bonds. The van der Waals surface area contributed by atoms with Crippen molar-refractivity contribution in [2.75, 3.05) is 13.1 Å². The first-order valence-corrected chi connectivity index (χ1v) is 8.46. The SMILES string of the molecule is Cl.N=C(N)N1CCCC(CCCC(=O)Oc2ccc(Cl)cc2Cl)C1. The third kappa shape index (κ3) is 6.38. The van der Waals surface area contributed by atoms with Gasteiger partial charge in [-0.15, -0.1) is 12.4 Å². The summed E-state index contributed by atoms with van der Waals surface area (Å²) in [5.74, 6) is 0.640. The highest BCUT2D eigenvalue weighted by molar-refractivity contribution is 6.35. The highest BCUT2D eigenvalue weighted by Gasteiger charge is 2.20. The fourth-order valence-corrected chi connectivity index (χ4v) is 3.23. The van der Waals surface area contributed by atoms with Crippen LogP contribution in [-0.2, 0) is 4.79 Å². The molecule has 0 spiro atoms. The van der Waals surface area contributed by atoms with Crippen molar-refractivity contribution in [2.24, 2.45) is 11.7 Å². The van der Waals surface area contributed by atoms with Gasteiger partial charge in [-0.2, -0.15) is 0 Å². The molecule has 1 heterocycles. The number of carbonyl (C=O) groups excluding carboxylic acids is 1. The van der Waals surface area contributed by atoms with Crippen LogP contribution in [0.25, 0.3) is 0 Å². The zero-order valence-corrected chi connectivity index (χ0v) is 15.6. The molecule has 0 saturated carbocycles. The number of carbonyl (C=O) groups is 1. The Morgan fingerprint density at radius 1 is 1.42 bits per heavy atom. The zero-order valence-electron chi connectivity index (χ0n) is 13.3. The molecule has 0 bridgehead atoms. The van der Waals surface area contributed by atoms with E-state index >= 15 is 0 Å². The van der Waals surface area contributed by atoms with Crippen LogP contribution in [-0.4, -0.2) is 29.9 Å². The number of nitrogens with zero attached hydrogens (tertiary/aromatic N) is 1. The van der Waals surface area contributed by atoms with Crippen LogP contribution in [0.1, 0.15) is 32.1 Å². The second-order valence-electron chi connectivity index (χ2n) is 5.78. The van der Waals surface area contributed by atoms with Crippen molar-refractivity contribution >= 4 is 47.5 Å². The number of likely N-dealkylation sites (tertiary alicyclic amines) is 1. The first-order chi connectivity index (χ1) is 11.0. The second-order valence-corrected chi connectivity index (χ2v) is 6.62. The van der Waals surface area contributed by atoms with Gasteiger partial charge in [-0.05, 0) is 49.8 Å². The molecule has 1 aromatic rings. The third-order valence-electron chi connectivity index (χ3n) is 3.97. The molecule has 0 radical (unpaired) electrons. The molecule has 1 saturated heterocycles. The van der Waals surface area contributed by atoms with Gasteiger partial charge in [0.05, 0.1) is 5.02 Å². The van der Waals surface area contributed by atoms with Crippen molar-refractivity contribution in [1.29, 1.82) is 5.41 Å². The minimum Gasteiger partial charge on any atom is -0.425 e. The number of piperidine rings is 1. The molecule has 1 aliphatic heterocycles. The first-order valence-electron chi connectivity index (χ1n) is 7.70. The smallest absolute Gasteiger partial charge is 0.311 e. The predicted molar refractivity (Wildman–Crippen MR) is 99.4 cm³/mol.